The Morgan fingerprint density at radius 2 is 1.46 bits per heavy atom. The number of hydrogen-bond acceptors (Lipinski definition) is 3. The number of aryl methyl sites for hydroxylation is 3. The maximum atomic E-state index is 12.9. The summed E-state index contributed by atoms with van der Waals surface area (Å²) in [6.07, 6.45) is 1.50. The highest BCUT2D eigenvalue weighted by atomic mass is 16.3. The van der Waals surface area contributed by atoms with Crippen LogP contribution in [0, 0.1) is 20.8 Å². The van der Waals surface area contributed by atoms with Crippen LogP contribution < -0.4 is 0 Å². The van der Waals surface area contributed by atoms with Crippen molar-refractivity contribution in [1.82, 2.24) is 9.80 Å². The summed E-state index contributed by atoms with van der Waals surface area (Å²) in [4.78, 5) is 28.7. The molecule has 0 radical (unpaired) electrons. The topological polar surface area (TPSA) is 53.8 Å². The van der Waals surface area contributed by atoms with Gasteiger partial charge in [0.15, 0.2) is 5.76 Å². The second kappa shape index (κ2) is 6.51. The summed E-state index contributed by atoms with van der Waals surface area (Å²) in [5.74, 6) is 0.282. The van der Waals surface area contributed by atoms with Gasteiger partial charge in [0.05, 0.1) is 6.26 Å². The van der Waals surface area contributed by atoms with E-state index in [1.165, 1.54) is 6.26 Å². The van der Waals surface area contributed by atoms with E-state index in [-0.39, 0.29) is 11.8 Å². The van der Waals surface area contributed by atoms with E-state index in [0.29, 0.717) is 31.9 Å². The zero-order valence-corrected chi connectivity index (χ0v) is 14.3. The molecule has 5 heteroatoms. The molecule has 2 aromatic rings. The Morgan fingerprint density at radius 3 is 1.96 bits per heavy atom. The lowest BCUT2D eigenvalue weighted by molar-refractivity contribution is 0.0517. The molecule has 0 spiro atoms. The second-order valence-electron chi connectivity index (χ2n) is 6.34. The van der Waals surface area contributed by atoms with Crippen LogP contribution in [0.5, 0.6) is 0 Å². The smallest absolute Gasteiger partial charge is 0.289 e. The van der Waals surface area contributed by atoms with Gasteiger partial charge in [0.1, 0.15) is 0 Å². The first-order valence-corrected chi connectivity index (χ1v) is 8.17. The number of rotatable bonds is 2. The lowest BCUT2D eigenvalue weighted by atomic mass is 9.98. The molecule has 2 heterocycles. The van der Waals surface area contributed by atoms with Crippen molar-refractivity contribution < 1.29 is 14.0 Å². The summed E-state index contributed by atoms with van der Waals surface area (Å²) >= 11 is 0. The Labute approximate surface area is 141 Å². The number of hydrogen-bond donors (Lipinski definition) is 0. The van der Waals surface area contributed by atoms with Gasteiger partial charge in [0.25, 0.3) is 11.8 Å². The fraction of sp³-hybridized carbons (Fsp3) is 0.368. The van der Waals surface area contributed by atoms with E-state index in [2.05, 4.69) is 0 Å². The molecule has 0 N–H and O–H groups in total. The van der Waals surface area contributed by atoms with Gasteiger partial charge < -0.3 is 14.2 Å². The molecule has 3 rings (SSSR count). The molecular formula is C19H22N2O3. The van der Waals surface area contributed by atoms with Gasteiger partial charge in [-0.3, -0.25) is 9.59 Å². The Morgan fingerprint density at radius 1 is 0.917 bits per heavy atom. The van der Waals surface area contributed by atoms with E-state index in [1.54, 1.807) is 17.0 Å². The first kappa shape index (κ1) is 16.3. The van der Waals surface area contributed by atoms with E-state index in [1.807, 2.05) is 37.8 Å². The monoisotopic (exact) mass is 326 g/mol. The minimum atomic E-state index is -0.116. The van der Waals surface area contributed by atoms with Gasteiger partial charge in [-0.2, -0.15) is 0 Å². The van der Waals surface area contributed by atoms with E-state index in [4.69, 9.17) is 4.42 Å². The summed E-state index contributed by atoms with van der Waals surface area (Å²) in [6.45, 7) is 8.11. The first-order chi connectivity index (χ1) is 11.5. The first-order valence-electron chi connectivity index (χ1n) is 8.17. The van der Waals surface area contributed by atoms with Crippen LogP contribution in [0.4, 0.5) is 0 Å². The fourth-order valence-corrected chi connectivity index (χ4v) is 3.34. The number of carbonyl (C=O) groups is 2. The lowest BCUT2D eigenvalue weighted by Crippen LogP contribution is -2.50. The van der Waals surface area contributed by atoms with Crippen molar-refractivity contribution in [2.45, 2.75) is 20.8 Å². The van der Waals surface area contributed by atoms with Crippen molar-refractivity contribution in [3.63, 3.8) is 0 Å². The van der Waals surface area contributed by atoms with Crippen LogP contribution in [0.15, 0.2) is 34.9 Å². The molecule has 1 aromatic carbocycles. The van der Waals surface area contributed by atoms with Crippen molar-refractivity contribution in [2.24, 2.45) is 0 Å². The Hall–Kier alpha value is -2.56. The van der Waals surface area contributed by atoms with Crippen molar-refractivity contribution in [1.29, 1.82) is 0 Å². The van der Waals surface area contributed by atoms with Gasteiger partial charge >= 0.3 is 0 Å². The lowest BCUT2D eigenvalue weighted by Gasteiger charge is -2.35. The molecule has 5 nitrogen and oxygen atoms in total. The highest BCUT2D eigenvalue weighted by Crippen LogP contribution is 2.20. The van der Waals surface area contributed by atoms with Crippen LogP contribution in [-0.4, -0.2) is 47.8 Å². The number of benzene rings is 1. The number of nitrogens with zero attached hydrogens (tertiary/aromatic N) is 2. The molecule has 0 saturated carbocycles. The zero-order chi connectivity index (χ0) is 17.3. The highest BCUT2D eigenvalue weighted by Gasteiger charge is 2.27. The highest BCUT2D eigenvalue weighted by molar-refractivity contribution is 5.97. The molecule has 1 aromatic heterocycles. The molecule has 126 valence electrons. The van der Waals surface area contributed by atoms with Crippen LogP contribution in [0.1, 0.15) is 37.6 Å². The average molecular weight is 326 g/mol. The summed E-state index contributed by atoms with van der Waals surface area (Å²) in [7, 11) is 0. The SMILES string of the molecule is Cc1cc(C)c(C(=O)N2CCN(C(=O)c3ccco3)CC2)c(C)c1. The van der Waals surface area contributed by atoms with Crippen LogP contribution in [0.25, 0.3) is 0 Å². The van der Waals surface area contributed by atoms with Gasteiger partial charge in [-0.15, -0.1) is 0 Å². The molecule has 0 aliphatic carbocycles. The van der Waals surface area contributed by atoms with Crippen molar-refractivity contribution in [3.8, 4) is 0 Å². The standard InChI is InChI=1S/C19H22N2O3/c1-13-11-14(2)17(15(3)12-13)19(23)21-8-6-20(7-9-21)18(22)16-5-4-10-24-16/h4-5,10-12H,6-9H2,1-3H3. The fourth-order valence-electron chi connectivity index (χ4n) is 3.34. The normalized spacial score (nSPS) is 14.8. The molecule has 0 bridgehead atoms. The second-order valence-corrected chi connectivity index (χ2v) is 6.34. The molecule has 0 unspecified atom stereocenters. The maximum Gasteiger partial charge on any atom is 0.289 e. The molecule has 1 saturated heterocycles. The molecule has 0 atom stereocenters. The summed E-state index contributed by atoms with van der Waals surface area (Å²) in [5.41, 5.74) is 3.96. The third kappa shape index (κ3) is 3.07. The number of piperazine rings is 1. The quantitative estimate of drug-likeness (QED) is 0.853. The number of carbonyl (C=O) groups excluding carboxylic acids is 2. The van der Waals surface area contributed by atoms with E-state index in [9.17, 15) is 9.59 Å². The molecule has 1 aliphatic rings. The van der Waals surface area contributed by atoms with Gasteiger partial charge in [-0.1, -0.05) is 17.7 Å². The predicted molar refractivity (Wildman–Crippen MR) is 91.2 cm³/mol. The largest absolute Gasteiger partial charge is 0.459 e. The summed E-state index contributed by atoms with van der Waals surface area (Å²) < 4.78 is 5.16. The third-order valence-electron chi connectivity index (χ3n) is 4.48. The van der Waals surface area contributed by atoms with Crippen molar-refractivity contribution >= 4 is 11.8 Å². The molecule has 1 aliphatic heterocycles. The Kier molecular flexibility index (Phi) is 4.42. The number of amides is 2. The van der Waals surface area contributed by atoms with Crippen molar-refractivity contribution in [2.75, 3.05) is 26.2 Å². The van der Waals surface area contributed by atoms with Crippen LogP contribution in [-0.2, 0) is 0 Å². The Bertz CT molecular complexity index is 734. The third-order valence-corrected chi connectivity index (χ3v) is 4.48. The summed E-state index contributed by atoms with van der Waals surface area (Å²) in [5, 5.41) is 0. The summed E-state index contributed by atoms with van der Waals surface area (Å²) in [6, 6.07) is 7.45. The van der Waals surface area contributed by atoms with E-state index < -0.39 is 0 Å². The van der Waals surface area contributed by atoms with Gasteiger partial charge in [-0.05, 0) is 44.0 Å². The molecule has 2 amide bonds. The number of furan rings is 1. The Balaban J connectivity index is 1.69. The predicted octanol–water partition coefficient (Wildman–Crippen LogP) is 2.80. The zero-order valence-electron chi connectivity index (χ0n) is 14.3. The van der Waals surface area contributed by atoms with E-state index in [0.717, 1.165) is 22.3 Å². The van der Waals surface area contributed by atoms with Crippen LogP contribution >= 0.6 is 0 Å². The van der Waals surface area contributed by atoms with Crippen LogP contribution in [0.2, 0.25) is 0 Å². The van der Waals surface area contributed by atoms with Crippen molar-refractivity contribution in [3.05, 3.63) is 58.5 Å². The average Bonchev–Trinajstić information content (AvgIpc) is 3.07. The minimum Gasteiger partial charge on any atom is -0.459 e. The molecule has 1 fully saturated rings. The molecular weight excluding hydrogens is 304 g/mol. The van der Waals surface area contributed by atoms with Gasteiger partial charge in [0.2, 0.25) is 0 Å². The van der Waals surface area contributed by atoms with Gasteiger partial charge in [-0.25, -0.2) is 0 Å². The van der Waals surface area contributed by atoms with Gasteiger partial charge in [0, 0.05) is 31.7 Å². The van der Waals surface area contributed by atoms with E-state index >= 15 is 0 Å². The maximum absolute atomic E-state index is 12.9. The minimum absolute atomic E-state index is 0.0510. The molecule has 24 heavy (non-hydrogen) atoms. The van der Waals surface area contributed by atoms with Crippen LogP contribution in [0.3, 0.4) is 0 Å².